The fraction of sp³-hybridized carbons (Fsp3) is 0.154. The summed E-state index contributed by atoms with van der Waals surface area (Å²) >= 11 is 0. The molecule has 0 aliphatic heterocycles. The number of halogens is 1. The average molecular weight is 248 g/mol. The van der Waals surface area contributed by atoms with Crippen LogP contribution < -0.4 is 15.2 Å². The number of hydrogen-bond acceptors (Lipinski definition) is 4. The number of aromatic nitrogens is 1. The van der Waals surface area contributed by atoms with Crippen LogP contribution in [0.15, 0.2) is 36.5 Å². The third-order valence-electron chi connectivity index (χ3n) is 2.44. The molecular formula is C13H13FN2O2. The highest BCUT2D eigenvalue weighted by molar-refractivity contribution is 5.41. The molecule has 5 heteroatoms. The maximum Gasteiger partial charge on any atom is 0.262 e. The molecule has 0 radical (unpaired) electrons. The lowest BCUT2D eigenvalue weighted by molar-refractivity contribution is 0.367. The monoisotopic (exact) mass is 248 g/mol. The van der Waals surface area contributed by atoms with Crippen molar-refractivity contribution in [1.29, 1.82) is 0 Å². The van der Waals surface area contributed by atoms with Crippen molar-refractivity contribution in [2.75, 3.05) is 7.11 Å². The molecule has 18 heavy (non-hydrogen) atoms. The number of benzene rings is 1. The molecule has 94 valence electrons. The average Bonchev–Trinajstić information content (AvgIpc) is 2.40. The van der Waals surface area contributed by atoms with Gasteiger partial charge in [0, 0.05) is 18.3 Å². The molecule has 4 nitrogen and oxygen atoms in total. The molecule has 1 heterocycles. The summed E-state index contributed by atoms with van der Waals surface area (Å²) in [5.41, 5.74) is 5.81. The third kappa shape index (κ3) is 2.41. The Hall–Kier alpha value is -2.14. The van der Waals surface area contributed by atoms with Gasteiger partial charge in [-0.3, -0.25) is 0 Å². The zero-order chi connectivity index (χ0) is 13.0. The molecule has 0 aliphatic carbocycles. The van der Waals surface area contributed by atoms with Crippen LogP contribution in [0.5, 0.6) is 17.4 Å². The molecule has 1 aromatic heterocycles. The molecule has 0 amide bonds. The van der Waals surface area contributed by atoms with E-state index in [-0.39, 0.29) is 12.4 Å². The van der Waals surface area contributed by atoms with E-state index in [1.54, 1.807) is 30.5 Å². The highest BCUT2D eigenvalue weighted by Gasteiger charge is 2.12. The molecule has 2 aromatic rings. The largest absolute Gasteiger partial charge is 0.491 e. The Balaban J connectivity index is 2.37. The van der Waals surface area contributed by atoms with Crippen LogP contribution in [0, 0.1) is 5.82 Å². The van der Waals surface area contributed by atoms with Crippen LogP contribution in [-0.4, -0.2) is 12.1 Å². The predicted octanol–water partition coefficient (Wildman–Crippen LogP) is 2.48. The number of ether oxygens (including phenoxy) is 2. The Morgan fingerprint density at radius 1 is 1.22 bits per heavy atom. The summed E-state index contributed by atoms with van der Waals surface area (Å²) in [5, 5.41) is 0. The quantitative estimate of drug-likeness (QED) is 0.903. The summed E-state index contributed by atoms with van der Waals surface area (Å²) in [6, 6.07) is 7.97. The minimum absolute atomic E-state index is 0.0527. The van der Waals surface area contributed by atoms with Gasteiger partial charge < -0.3 is 15.2 Å². The maximum atomic E-state index is 13.5. The Labute approximate surface area is 104 Å². The SMILES string of the molecule is COc1cccnc1Oc1cccc(F)c1CN. The van der Waals surface area contributed by atoms with Crippen LogP contribution in [0.1, 0.15) is 5.56 Å². The Morgan fingerprint density at radius 2 is 2.00 bits per heavy atom. The van der Waals surface area contributed by atoms with Gasteiger partial charge in [0.15, 0.2) is 5.75 Å². The van der Waals surface area contributed by atoms with Gasteiger partial charge in [-0.1, -0.05) is 6.07 Å². The van der Waals surface area contributed by atoms with E-state index in [1.807, 2.05) is 0 Å². The first-order valence-corrected chi connectivity index (χ1v) is 5.40. The van der Waals surface area contributed by atoms with Crippen LogP contribution in [-0.2, 0) is 6.54 Å². The highest BCUT2D eigenvalue weighted by Crippen LogP contribution is 2.31. The highest BCUT2D eigenvalue weighted by atomic mass is 19.1. The zero-order valence-electron chi connectivity index (χ0n) is 9.89. The Morgan fingerprint density at radius 3 is 2.72 bits per heavy atom. The van der Waals surface area contributed by atoms with Crippen molar-refractivity contribution in [1.82, 2.24) is 4.98 Å². The van der Waals surface area contributed by atoms with E-state index in [0.29, 0.717) is 17.1 Å². The summed E-state index contributed by atoms with van der Waals surface area (Å²) in [4.78, 5) is 4.04. The molecule has 0 atom stereocenters. The molecule has 2 rings (SSSR count). The van der Waals surface area contributed by atoms with E-state index < -0.39 is 5.82 Å². The van der Waals surface area contributed by atoms with E-state index >= 15 is 0 Å². The second-order valence-electron chi connectivity index (χ2n) is 3.53. The van der Waals surface area contributed by atoms with Crippen LogP contribution in [0.4, 0.5) is 4.39 Å². The van der Waals surface area contributed by atoms with Crippen molar-refractivity contribution in [3.05, 3.63) is 47.9 Å². The topological polar surface area (TPSA) is 57.4 Å². The lowest BCUT2D eigenvalue weighted by Gasteiger charge is -2.11. The summed E-state index contributed by atoms with van der Waals surface area (Å²) in [6.07, 6.45) is 1.57. The van der Waals surface area contributed by atoms with Gasteiger partial charge >= 0.3 is 0 Å². The minimum Gasteiger partial charge on any atom is -0.491 e. The predicted molar refractivity (Wildman–Crippen MR) is 65.2 cm³/mol. The smallest absolute Gasteiger partial charge is 0.262 e. The third-order valence-corrected chi connectivity index (χ3v) is 2.44. The Kier molecular flexibility index (Phi) is 3.74. The standard InChI is InChI=1S/C13H13FN2O2/c1-17-12-6-3-7-16-13(12)18-11-5-2-4-10(14)9(11)8-15/h2-7H,8,15H2,1H3. The summed E-state index contributed by atoms with van der Waals surface area (Å²) in [5.74, 6) is 0.699. The fourth-order valence-corrected chi connectivity index (χ4v) is 1.54. The fourth-order valence-electron chi connectivity index (χ4n) is 1.54. The molecule has 2 N–H and O–H groups in total. The molecule has 0 spiro atoms. The molecule has 0 bridgehead atoms. The molecule has 1 aromatic carbocycles. The molecular weight excluding hydrogens is 235 g/mol. The first-order valence-electron chi connectivity index (χ1n) is 5.40. The number of hydrogen-bond donors (Lipinski definition) is 1. The van der Waals surface area contributed by atoms with Crippen molar-refractivity contribution in [3.63, 3.8) is 0 Å². The Bertz CT molecular complexity index is 546. The molecule has 0 unspecified atom stereocenters. The van der Waals surface area contributed by atoms with Crippen molar-refractivity contribution >= 4 is 0 Å². The number of nitrogens with two attached hydrogens (primary N) is 1. The van der Waals surface area contributed by atoms with Crippen molar-refractivity contribution in [2.45, 2.75) is 6.54 Å². The number of pyridine rings is 1. The molecule has 0 fully saturated rings. The van der Waals surface area contributed by atoms with Gasteiger partial charge in [-0.2, -0.15) is 0 Å². The van der Waals surface area contributed by atoms with E-state index in [9.17, 15) is 4.39 Å². The summed E-state index contributed by atoms with van der Waals surface area (Å²) in [7, 11) is 1.51. The number of rotatable bonds is 4. The van der Waals surface area contributed by atoms with E-state index in [2.05, 4.69) is 4.98 Å². The second-order valence-corrected chi connectivity index (χ2v) is 3.53. The van der Waals surface area contributed by atoms with E-state index in [0.717, 1.165) is 0 Å². The van der Waals surface area contributed by atoms with Crippen molar-refractivity contribution in [2.24, 2.45) is 5.73 Å². The number of nitrogens with zero attached hydrogens (tertiary/aromatic N) is 1. The van der Waals surface area contributed by atoms with Gasteiger partial charge in [0.05, 0.1) is 7.11 Å². The summed E-state index contributed by atoms with van der Waals surface area (Å²) < 4.78 is 24.2. The number of methoxy groups -OCH3 is 1. The van der Waals surface area contributed by atoms with E-state index in [1.165, 1.54) is 13.2 Å². The summed E-state index contributed by atoms with van der Waals surface area (Å²) in [6.45, 7) is 0.0527. The van der Waals surface area contributed by atoms with Crippen molar-refractivity contribution in [3.8, 4) is 17.4 Å². The normalized spacial score (nSPS) is 10.2. The second kappa shape index (κ2) is 5.46. The zero-order valence-corrected chi connectivity index (χ0v) is 9.89. The lowest BCUT2D eigenvalue weighted by atomic mass is 10.2. The lowest BCUT2D eigenvalue weighted by Crippen LogP contribution is -2.03. The van der Waals surface area contributed by atoms with Gasteiger partial charge in [0.25, 0.3) is 5.88 Å². The van der Waals surface area contributed by atoms with E-state index in [4.69, 9.17) is 15.2 Å². The van der Waals surface area contributed by atoms with Gasteiger partial charge in [-0.05, 0) is 24.3 Å². The van der Waals surface area contributed by atoms with Gasteiger partial charge in [0.1, 0.15) is 11.6 Å². The van der Waals surface area contributed by atoms with Crippen LogP contribution in [0.25, 0.3) is 0 Å². The minimum atomic E-state index is -0.398. The van der Waals surface area contributed by atoms with Crippen LogP contribution in [0.2, 0.25) is 0 Å². The van der Waals surface area contributed by atoms with Gasteiger partial charge in [-0.25, -0.2) is 9.37 Å². The first kappa shape index (κ1) is 12.3. The molecule has 0 saturated carbocycles. The van der Waals surface area contributed by atoms with Crippen molar-refractivity contribution < 1.29 is 13.9 Å². The van der Waals surface area contributed by atoms with Gasteiger partial charge in [-0.15, -0.1) is 0 Å². The molecule has 0 aliphatic rings. The van der Waals surface area contributed by atoms with Crippen LogP contribution >= 0.6 is 0 Å². The maximum absolute atomic E-state index is 13.5. The van der Waals surface area contributed by atoms with Gasteiger partial charge in [0.2, 0.25) is 0 Å². The molecule has 0 saturated heterocycles. The van der Waals surface area contributed by atoms with Crippen LogP contribution in [0.3, 0.4) is 0 Å². The first-order chi connectivity index (χ1) is 8.76.